The highest BCUT2D eigenvalue weighted by Gasteiger charge is 2.29. The highest BCUT2D eigenvalue weighted by atomic mass is 19.4. The molecule has 0 fully saturated rings. The van der Waals surface area contributed by atoms with E-state index >= 15 is 0 Å². The molecule has 2 N–H and O–H groups in total. The summed E-state index contributed by atoms with van der Waals surface area (Å²) < 4.78 is 41.9. The van der Waals surface area contributed by atoms with E-state index in [0.717, 1.165) is 0 Å². The summed E-state index contributed by atoms with van der Waals surface area (Å²) in [6.07, 6.45) is -0.612. The molecule has 0 bridgehead atoms. The third kappa shape index (κ3) is 6.36. The van der Waals surface area contributed by atoms with Gasteiger partial charge < -0.3 is 15.4 Å². The van der Waals surface area contributed by atoms with Crippen LogP contribution in [0.4, 0.5) is 24.8 Å². The van der Waals surface area contributed by atoms with Gasteiger partial charge in [-0.2, -0.15) is 13.2 Å². The fourth-order valence-electron chi connectivity index (χ4n) is 1.91. The first-order valence-corrected chi connectivity index (χ1v) is 8.50. The quantitative estimate of drug-likeness (QED) is 0.768. The van der Waals surface area contributed by atoms with Crippen molar-refractivity contribution >= 4 is 17.5 Å². The number of aromatic nitrogens is 3. The van der Waals surface area contributed by atoms with Gasteiger partial charge in [-0.25, -0.2) is 9.97 Å². The van der Waals surface area contributed by atoms with Gasteiger partial charge in [0.25, 0.3) is 5.91 Å². The molecule has 0 spiro atoms. The summed E-state index contributed by atoms with van der Waals surface area (Å²) in [4.78, 5) is 24.5. The zero-order valence-electron chi connectivity index (χ0n) is 16.0. The lowest BCUT2D eigenvalue weighted by atomic mass is 9.88. The van der Waals surface area contributed by atoms with E-state index in [4.69, 9.17) is 4.74 Å². The number of ether oxygens (including phenoxy) is 1. The molecule has 28 heavy (non-hydrogen) atoms. The number of hydrogen-bond acceptors (Lipinski definition) is 6. The van der Waals surface area contributed by atoms with Crippen molar-refractivity contribution < 1.29 is 22.7 Å². The van der Waals surface area contributed by atoms with Gasteiger partial charge in [0.05, 0.1) is 6.20 Å². The molecule has 2 aromatic rings. The third-order valence-electron chi connectivity index (χ3n) is 3.95. The van der Waals surface area contributed by atoms with E-state index in [2.05, 4.69) is 25.6 Å². The second kappa shape index (κ2) is 8.41. The minimum atomic E-state index is -4.50. The Hall–Kier alpha value is -2.91. The van der Waals surface area contributed by atoms with Crippen LogP contribution in [0.3, 0.4) is 0 Å². The number of nitrogens with zero attached hydrogens (tertiary/aromatic N) is 3. The van der Waals surface area contributed by atoms with Crippen LogP contribution < -0.4 is 15.4 Å². The van der Waals surface area contributed by atoms with E-state index in [0.29, 0.717) is 0 Å². The summed E-state index contributed by atoms with van der Waals surface area (Å²) in [5.41, 5.74) is -0.000587. The molecule has 152 valence electrons. The normalized spacial score (nSPS) is 13.0. The number of hydrogen-bond donors (Lipinski definition) is 2. The van der Waals surface area contributed by atoms with Crippen LogP contribution >= 0.6 is 0 Å². The van der Waals surface area contributed by atoms with E-state index in [1.165, 1.54) is 30.7 Å². The van der Waals surface area contributed by atoms with Gasteiger partial charge >= 0.3 is 6.18 Å². The summed E-state index contributed by atoms with van der Waals surface area (Å²) in [5.74, 6) is -0.497. The lowest BCUT2D eigenvalue weighted by Gasteiger charge is -2.28. The summed E-state index contributed by atoms with van der Waals surface area (Å²) in [7, 11) is 0. The molecule has 0 saturated carbocycles. The Balaban J connectivity index is 2.13. The topological polar surface area (TPSA) is 89.0 Å². The number of carbonyl (C=O) groups is 1. The summed E-state index contributed by atoms with van der Waals surface area (Å²) in [5, 5.41) is 5.59. The third-order valence-corrected chi connectivity index (χ3v) is 3.95. The monoisotopic (exact) mass is 397 g/mol. The van der Waals surface area contributed by atoms with Crippen molar-refractivity contribution in [3.05, 3.63) is 36.4 Å². The molecular weight excluding hydrogens is 375 g/mol. The number of nitrogens with one attached hydrogen (secondary N) is 2. The molecule has 1 unspecified atom stereocenters. The Morgan fingerprint density at radius 3 is 2.57 bits per heavy atom. The number of halogens is 3. The first kappa shape index (κ1) is 21.4. The minimum absolute atomic E-state index is 0.00734. The van der Waals surface area contributed by atoms with Gasteiger partial charge in [0.2, 0.25) is 5.95 Å². The maximum Gasteiger partial charge on any atom is 0.422 e. The molecule has 0 aliphatic heterocycles. The van der Waals surface area contributed by atoms with Crippen LogP contribution in [0.5, 0.6) is 5.75 Å². The first-order chi connectivity index (χ1) is 13.0. The van der Waals surface area contributed by atoms with Crippen molar-refractivity contribution in [2.24, 2.45) is 5.41 Å². The Labute approximate surface area is 160 Å². The molecule has 10 heteroatoms. The van der Waals surface area contributed by atoms with E-state index in [1.807, 2.05) is 27.7 Å². The maximum absolute atomic E-state index is 12.5. The van der Waals surface area contributed by atoms with Crippen LogP contribution in [-0.4, -0.2) is 39.7 Å². The Morgan fingerprint density at radius 1 is 1.21 bits per heavy atom. The fourth-order valence-corrected chi connectivity index (χ4v) is 1.91. The molecule has 2 aromatic heterocycles. The number of carbonyl (C=O) groups excluding carboxylic acids is 1. The van der Waals surface area contributed by atoms with Crippen molar-refractivity contribution in [3.63, 3.8) is 0 Å². The zero-order valence-corrected chi connectivity index (χ0v) is 16.0. The van der Waals surface area contributed by atoms with Crippen molar-refractivity contribution in [1.29, 1.82) is 0 Å². The average Bonchev–Trinajstić information content (AvgIpc) is 2.59. The fraction of sp³-hybridized carbons (Fsp3) is 0.444. The zero-order chi connectivity index (χ0) is 20.9. The molecule has 1 amide bonds. The molecule has 0 aromatic carbocycles. The van der Waals surface area contributed by atoms with Crippen LogP contribution in [0.15, 0.2) is 30.7 Å². The van der Waals surface area contributed by atoms with Crippen LogP contribution in [0.1, 0.15) is 38.2 Å². The standard InChI is InChI=1S/C18H22F3N5O2/c1-11(17(2,3)4)24-16-23-8-5-12(26-16)15(27)25-13-9-22-7-6-14(13)28-10-18(19,20)21/h5-9,11H,10H2,1-4H3,(H,25,27)(H,23,24,26). The van der Waals surface area contributed by atoms with Crippen LogP contribution in [0.2, 0.25) is 0 Å². The lowest BCUT2D eigenvalue weighted by molar-refractivity contribution is -0.153. The first-order valence-electron chi connectivity index (χ1n) is 8.50. The van der Waals surface area contributed by atoms with Gasteiger partial charge in [-0.1, -0.05) is 20.8 Å². The molecule has 7 nitrogen and oxygen atoms in total. The summed E-state index contributed by atoms with van der Waals surface area (Å²) in [6, 6.07) is 2.67. The summed E-state index contributed by atoms with van der Waals surface area (Å²) in [6.45, 7) is 6.63. The molecule has 0 saturated heterocycles. The second-order valence-corrected chi connectivity index (χ2v) is 7.23. The van der Waals surface area contributed by atoms with Crippen molar-refractivity contribution in [3.8, 4) is 5.75 Å². The van der Waals surface area contributed by atoms with Crippen molar-refractivity contribution in [2.75, 3.05) is 17.2 Å². The molecular formula is C18H22F3N5O2. The highest BCUT2D eigenvalue weighted by Crippen LogP contribution is 2.26. The van der Waals surface area contributed by atoms with E-state index in [1.54, 1.807) is 0 Å². The molecule has 2 heterocycles. The van der Waals surface area contributed by atoms with Gasteiger partial charge in [-0.05, 0) is 18.4 Å². The van der Waals surface area contributed by atoms with Gasteiger partial charge in [-0.3, -0.25) is 9.78 Å². The lowest BCUT2D eigenvalue weighted by Crippen LogP contribution is -2.31. The minimum Gasteiger partial charge on any atom is -0.482 e. The van der Waals surface area contributed by atoms with Crippen LogP contribution in [0, 0.1) is 5.41 Å². The number of amides is 1. The number of rotatable bonds is 6. The molecule has 1 atom stereocenters. The van der Waals surface area contributed by atoms with Crippen LogP contribution in [-0.2, 0) is 0 Å². The Kier molecular flexibility index (Phi) is 6.42. The van der Waals surface area contributed by atoms with E-state index < -0.39 is 18.7 Å². The van der Waals surface area contributed by atoms with E-state index in [-0.39, 0.29) is 34.5 Å². The predicted molar refractivity (Wildman–Crippen MR) is 98.3 cm³/mol. The number of alkyl halides is 3. The van der Waals surface area contributed by atoms with Gasteiger partial charge in [0.1, 0.15) is 17.1 Å². The number of pyridine rings is 1. The largest absolute Gasteiger partial charge is 0.482 e. The highest BCUT2D eigenvalue weighted by molar-refractivity contribution is 6.03. The van der Waals surface area contributed by atoms with Crippen LogP contribution in [0.25, 0.3) is 0 Å². The predicted octanol–water partition coefficient (Wildman–Crippen LogP) is 3.91. The Morgan fingerprint density at radius 2 is 1.93 bits per heavy atom. The maximum atomic E-state index is 12.5. The van der Waals surface area contributed by atoms with Crippen molar-refractivity contribution in [2.45, 2.75) is 39.9 Å². The molecule has 0 radical (unpaired) electrons. The second-order valence-electron chi connectivity index (χ2n) is 7.23. The van der Waals surface area contributed by atoms with Crippen molar-refractivity contribution in [1.82, 2.24) is 15.0 Å². The summed E-state index contributed by atoms with van der Waals surface area (Å²) >= 11 is 0. The SMILES string of the molecule is CC(Nc1nccc(C(=O)Nc2cnccc2OCC(F)(F)F)n1)C(C)(C)C. The van der Waals surface area contributed by atoms with E-state index in [9.17, 15) is 18.0 Å². The van der Waals surface area contributed by atoms with Gasteiger partial charge in [0.15, 0.2) is 6.61 Å². The molecule has 2 rings (SSSR count). The number of anilines is 2. The average molecular weight is 397 g/mol. The van der Waals surface area contributed by atoms with Gasteiger partial charge in [0, 0.05) is 24.5 Å². The van der Waals surface area contributed by atoms with Gasteiger partial charge in [-0.15, -0.1) is 0 Å². The smallest absolute Gasteiger partial charge is 0.422 e. The Bertz CT molecular complexity index is 821. The molecule has 0 aliphatic carbocycles. The molecule has 0 aliphatic rings.